The van der Waals surface area contributed by atoms with Crippen molar-refractivity contribution in [2.24, 2.45) is 0 Å². The molecule has 4 aromatic carbocycles. The first-order valence-electron chi connectivity index (χ1n) is 11.3. The van der Waals surface area contributed by atoms with Crippen LogP contribution < -0.4 is 27.6 Å². The lowest BCUT2D eigenvalue weighted by Crippen LogP contribution is -3.00. The summed E-state index contributed by atoms with van der Waals surface area (Å²) in [5, 5.41) is 14.3. The molecular formula is C30H20BrNO4. The minimum atomic E-state index is -0.793. The number of halogens is 1. The topological polar surface area (TPSA) is 81.6 Å². The fourth-order valence-corrected chi connectivity index (χ4v) is 4.73. The van der Waals surface area contributed by atoms with Gasteiger partial charge in [0.1, 0.15) is 5.58 Å². The van der Waals surface area contributed by atoms with Gasteiger partial charge in [0.2, 0.25) is 11.3 Å². The molecule has 36 heavy (non-hydrogen) atoms. The Bertz CT molecular complexity index is 1820. The van der Waals surface area contributed by atoms with Crippen LogP contribution in [0.5, 0.6) is 5.75 Å². The number of pyridine rings is 1. The van der Waals surface area contributed by atoms with Gasteiger partial charge < -0.3 is 26.5 Å². The minimum Gasteiger partial charge on any atom is -1.00 e. The lowest BCUT2D eigenvalue weighted by molar-refractivity contribution is -0.344. The summed E-state index contributed by atoms with van der Waals surface area (Å²) in [6, 6.07) is 28.2. The monoisotopic (exact) mass is 537 g/mol. The second-order valence-corrected chi connectivity index (χ2v) is 8.50. The first kappa shape index (κ1) is 23.5. The van der Waals surface area contributed by atoms with Crippen LogP contribution in [0.15, 0.2) is 106 Å². The van der Waals surface area contributed by atoms with Crippen molar-refractivity contribution >= 4 is 38.4 Å². The summed E-state index contributed by atoms with van der Waals surface area (Å²) in [6.07, 6.45) is 2.11. The minimum absolute atomic E-state index is 0. The van der Waals surface area contributed by atoms with E-state index >= 15 is 0 Å². The van der Waals surface area contributed by atoms with Crippen molar-refractivity contribution in [2.45, 2.75) is 6.42 Å². The highest BCUT2D eigenvalue weighted by atomic mass is 79.9. The number of H-pyrrole nitrogens is 1. The number of ketones is 1. The highest BCUT2D eigenvalue weighted by Crippen LogP contribution is 2.34. The molecule has 2 heterocycles. The van der Waals surface area contributed by atoms with E-state index in [0.29, 0.717) is 27.7 Å². The maximum absolute atomic E-state index is 13.3. The molecular weight excluding hydrogens is 518 g/mol. The van der Waals surface area contributed by atoms with Gasteiger partial charge in [-0.3, -0.25) is 4.79 Å². The number of aromatic nitrogens is 1. The molecule has 176 valence electrons. The van der Waals surface area contributed by atoms with Crippen molar-refractivity contribution < 1.29 is 36.3 Å². The molecule has 0 atom stereocenters. The molecule has 5 nitrogen and oxygen atoms in total. The normalized spacial score (nSPS) is 11.0. The summed E-state index contributed by atoms with van der Waals surface area (Å²) in [5.74, 6) is -0.458. The van der Waals surface area contributed by atoms with Crippen molar-refractivity contribution in [2.75, 3.05) is 0 Å². The van der Waals surface area contributed by atoms with Gasteiger partial charge in [-0.15, -0.1) is 0 Å². The molecule has 0 aliphatic rings. The summed E-state index contributed by atoms with van der Waals surface area (Å²) in [5.41, 5.74) is 3.12. The number of Topliss-reactive ketones (excluding diaryl/α,β-unsaturated/α-hetero) is 1. The quantitative estimate of drug-likeness (QED) is 0.213. The first-order valence-corrected chi connectivity index (χ1v) is 11.3. The molecule has 6 aromatic rings. The number of hydrogen-bond donors (Lipinski definition) is 1. The zero-order valence-electron chi connectivity index (χ0n) is 19.0. The van der Waals surface area contributed by atoms with Crippen LogP contribution in [-0.2, 0) is 6.42 Å². The molecule has 0 aliphatic heterocycles. The van der Waals surface area contributed by atoms with E-state index in [-0.39, 0.29) is 29.2 Å². The molecule has 2 N–H and O–H groups in total. The van der Waals surface area contributed by atoms with Gasteiger partial charge in [0.25, 0.3) is 0 Å². The average molecular weight is 538 g/mol. The van der Waals surface area contributed by atoms with Gasteiger partial charge in [-0.05, 0) is 34.0 Å². The van der Waals surface area contributed by atoms with Crippen molar-refractivity contribution in [3.63, 3.8) is 0 Å². The van der Waals surface area contributed by atoms with Crippen molar-refractivity contribution in [3.8, 4) is 16.9 Å². The van der Waals surface area contributed by atoms with E-state index in [9.17, 15) is 14.7 Å². The zero-order chi connectivity index (χ0) is 23.9. The van der Waals surface area contributed by atoms with Gasteiger partial charge in [-0.1, -0.05) is 66.7 Å². The van der Waals surface area contributed by atoms with E-state index in [1.165, 1.54) is 0 Å². The van der Waals surface area contributed by atoms with Crippen LogP contribution in [0.2, 0.25) is 0 Å². The molecule has 0 saturated carbocycles. The number of aromatic hydroxyl groups is 1. The SMILES string of the molecule is O=C(Cc1cc[nH+]c2ccc3ccccc3c12)c1ccc(-c2c(O)c(=O)oc3ccccc23)cc1.[Br-]. The second kappa shape index (κ2) is 9.40. The molecule has 2 aromatic heterocycles. The summed E-state index contributed by atoms with van der Waals surface area (Å²) >= 11 is 0. The van der Waals surface area contributed by atoms with Crippen LogP contribution in [0.25, 0.3) is 43.8 Å². The number of nitrogens with one attached hydrogen (secondary N) is 1. The maximum atomic E-state index is 13.3. The van der Waals surface area contributed by atoms with Crippen LogP contribution >= 0.6 is 0 Å². The zero-order valence-corrected chi connectivity index (χ0v) is 20.6. The maximum Gasteiger partial charge on any atom is 0.379 e. The number of fused-ring (bicyclic) bond motifs is 4. The molecule has 0 amide bonds. The molecule has 0 unspecified atom stereocenters. The molecule has 0 bridgehead atoms. The average Bonchev–Trinajstić information content (AvgIpc) is 2.89. The van der Waals surface area contributed by atoms with Crippen LogP contribution in [0.4, 0.5) is 0 Å². The van der Waals surface area contributed by atoms with E-state index in [1.807, 2.05) is 36.5 Å². The standard InChI is InChI=1S/C30H19NO4.BrH/c32-25(17-21-15-16-31-24-14-13-18-5-1-2-6-22(18)27(21)24)19-9-11-20(12-10-19)28-23-7-3-4-8-26(23)35-30(34)29(28)33;/h1-16,33H,17H2;1H. The summed E-state index contributed by atoms with van der Waals surface area (Å²) in [4.78, 5) is 28.7. The number of hydrogen-bond acceptors (Lipinski definition) is 4. The number of carbonyl (C=O) groups is 1. The van der Waals surface area contributed by atoms with Crippen molar-refractivity contribution in [1.29, 1.82) is 0 Å². The van der Waals surface area contributed by atoms with E-state index in [2.05, 4.69) is 23.2 Å². The second-order valence-electron chi connectivity index (χ2n) is 8.50. The molecule has 6 rings (SSSR count). The number of para-hydroxylation sites is 1. The van der Waals surface area contributed by atoms with Crippen LogP contribution in [0.1, 0.15) is 15.9 Å². The van der Waals surface area contributed by atoms with Gasteiger partial charge in [0.15, 0.2) is 12.0 Å². The molecule has 0 fully saturated rings. The van der Waals surface area contributed by atoms with Crippen LogP contribution in [0.3, 0.4) is 0 Å². The Morgan fingerprint density at radius 1 is 0.833 bits per heavy atom. The van der Waals surface area contributed by atoms with Crippen LogP contribution in [0, 0.1) is 0 Å². The predicted molar refractivity (Wildman–Crippen MR) is 136 cm³/mol. The van der Waals surface area contributed by atoms with E-state index in [1.54, 1.807) is 42.5 Å². The van der Waals surface area contributed by atoms with Gasteiger partial charge in [-0.2, -0.15) is 0 Å². The number of benzene rings is 4. The Kier molecular flexibility index (Phi) is 6.12. The Hall–Kier alpha value is -4.29. The molecule has 6 heteroatoms. The highest BCUT2D eigenvalue weighted by Gasteiger charge is 2.17. The Morgan fingerprint density at radius 3 is 2.36 bits per heavy atom. The van der Waals surface area contributed by atoms with E-state index in [0.717, 1.165) is 27.2 Å². The number of rotatable bonds is 4. The number of aromatic amines is 1. The van der Waals surface area contributed by atoms with Crippen molar-refractivity contribution in [3.05, 3.63) is 119 Å². The third kappa shape index (κ3) is 3.95. The Balaban J connectivity index is 0.00000267. The first-order chi connectivity index (χ1) is 17.1. The van der Waals surface area contributed by atoms with Gasteiger partial charge in [0, 0.05) is 35.1 Å². The van der Waals surface area contributed by atoms with Crippen LogP contribution in [-0.4, -0.2) is 10.9 Å². The molecule has 0 aliphatic carbocycles. The molecule has 0 saturated heterocycles. The van der Waals surface area contributed by atoms with Gasteiger partial charge in [0.05, 0.1) is 5.39 Å². The summed E-state index contributed by atoms with van der Waals surface area (Å²) in [7, 11) is 0. The van der Waals surface area contributed by atoms with Crippen molar-refractivity contribution in [1.82, 2.24) is 0 Å². The van der Waals surface area contributed by atoms with E-state index in [4.69, 9.17) is 4.42 Å². The highest BCUT2D eigenvalue weighted by molar-refractivity contribution is 6.09. The lowest BCUT2D eigenvalue weighted by Gasteiger charge is -2.09. The predicted octanol–water partition coefficient (Wildman–Crippen LogP) is 2.72. The fourth-order valence-electron chi connectivity index (χ4n) is 4.73. The van der Waals surface area contributed by atoms with E-state index < -0.39 is 11.4 Å². The summed E-state index contributed by atoms with van der Waals surface area (Å²) < 4.78 is 5.19. The third-order valence-corrected chi connectivity index (χ3v) is 6.41. The summed E-state index contributed by atoms with van der Waals surface area (Å²) in [6.45, 7) is 0. The Morgan fingerprint density at radius 2 is 1.56 bits per heavy atom. The van der Waals surface area contributed by atoms with Gasteiger partial charge in [-0.25, -0.2) is 9.78 Å². The third-order valence-electron chi connectivity index (χ3n) is 6.41. The largest absolute Gasteiger partial charge is 1.00 e. The number of carbonyl (C=O) groups excluding carboxylic acids is 1. The molecule has 0 spiro atoms. The van der Waals surface area contributed by atoms with Gasteiger partial charge >= 0.3 is 5.63 Å². The Labute approximate surface area is 216 Å². The smallest absolute Gasteiger partial charge is 0.379 e. The lowest BCUT2D eigenvalue weighted by atomic mass is 9.95. The molecule has 0 radical (unpaired) electrons. The fraction of sp³-hybridized carbons (Fsp3) is 0.0333.